The Morgan fingerprint density at radius 2 is 2.10 bits per heavy atom. The van der Waals surface area contributed by atoms with E-state index in [1.165, 1.54) is 11.1 Å². The molecule has 0 aliphatic carbocycles. The van der Waals surface area contributed by atoms with Crippen LogP contribution in [0.5, 0.6) is 0 Å². The van der Waals surface area contributed by atoms with E-state index in [2.05, 4.69) is 49.8 Å². The Kier molecular flexibility index (Phi) is 6.72. The fraction of sp³-hybridized carbons (Fsp3) is 0.522. The molecule has 3 N–H and O–H groups in total. The Morgan fingerprint density at radius 3 is 2.83 bits per heavy atom. The lowest BCUT2D eigenvalue weighted by Crippen LogP contribution is -2.43. The normalized spacial score (nSPS) is 17.8. The van der Waals surface area contributed by atoms with Crippen molar-refractivity contribution < 1.29 is 9.90 Å². The van der Waals surface area contributed by atoms with Gasteiger partial charge in [-0.05, 0) is 49.0 Å². The van der Waals surface area contributed by atoms with Gasteiger partial charge in [0.1, 0.15) is 11.5 Å². The molecule has 1 aromatic heterocycles. The number of amides is 1. The van der Waals surface area contributed by atoms with Gasteiger partial charge in [-0.25, -0.2) is 9.97 Å². The van der Waals surface area contributed by atoms with Gasteiger partial charge in [-0.1, -0.05) is 31.2 Å². The highest BCUT2D eigenvalue weighted by atomic mass is 16.3. The average molecular weight is 410 g/mol. The van der Waals surface area contributed by atoms with Gasteiger partial charge in [-0.15, -0.1) is 0 Å². The number of hydrogen-bond donors (Lipinski definition) is 3. The quantitative estimate of drug-likeness (QED) is 0.602. The topological polar surface area (TPSA) is 90.4 Å². The summed E-state index contributed by atoms with van der Waals surface area (Å²) in [6.45, 7) is 6.51. The van der Waals surface area contributed by atoms with E-state index in [1.807, 2.05) is 6.92 Å². The number of rotatable bonds is 8. The van der Waals surface area contributed by atoms with Crippen LogP contribution in [-0.2, 0) is 25.8 Å². The summed E-state index contributed by atoms with van der Waals surface area (Å²) in [5, 5.41) is 16.6. The molecule has 0 saturated carbocycles. The molecule has 1 saturated heterocycles. The third kappa shape index (κ3) is 5.22. The van der Waals surface area contributed by atoms with E-state index in [-0.39, 0.29) is 12.5 Å². The smallest absolute Gasteiger partial charge is 0.270 e. The molecule has 2 aromatic rings. The van der Waals surface area contributed by atoms with E-state index in [1.54, 1.807) is 6.07 Å². The highest BCUT2D eigenvalue weighted by Crippen LogP contribution is 2.18. The van der Waals surface area contributed by atoms with Crippen molar-refractivity contribution in [3.05, 3.63) is 58.7 Å². The fourth-order valence-corrected chi connectivity index (χ4v) is 4.09. The van der Waals surface area contributed by atoms with Crippen LogP contribution < -0.4 is 10.6 Å². The van der Waals surface area contributed by atoms with Crippen LogP contribution in [0.25, 0.3) is 0 Å². The Morgan fingerprint density at radius 1 is 1.30 bits per heavy atom. The summed E-state index contributed by atoms with van der Waals surface area (Å²) in [6.07, 6.45) is 1.93. The van der Waals surface area contributed by atoms with Gasteiger partial charge in [0, 0.05) is 38.3 Å². The van der Waals surface area contributed by atoms with Crippen LogP contribution in [0.1, 0.15) is 40.1 Å². The molecule has 7 nitrogen and oxygen atoms in total. The lowest BCUT2D eigenvalue weighted by atomic mass is 9.97. The summed E-state index contributed by atoms with van der Waals surface area (Å²) in [4.78, 5) is 23.9. The molecule has 30 heavy (non-hydrogen) atoms. The maximum absolute atomic E-state index is 12.7. The standard InChI is InChI=1S/C23H31N5O2/c1-2-22-26-19(9-16-11-24-12-16)10-21(27-22)23(30)25-13-20(29)15-28-8-7-17-5-3-4-6-18(17)14-28/h3-6,10,16,20,24,29H,2,7-9,11-15H2,1H3,(H,25,30)/t20-/m0/s1. The zero-order chi connectivity index (χ0) is 20.9. The second-order valence-electron chi connectivity index (χ2n) is 8.36. The van der Waals surface area contributed by atoms with Crippen molar-refractivity contribution in [1.82, 2.24) is 25.5 Å². The number of aliphatic hydroxyl groups is 1. The molecule has 4 rings (SSSR count). The largest absolute Gasteiger partial charge is 0.390 e. The van der Waals surface area contributed by atoms with Gasteiger partial charge in [-0.2, -0.15) is 0 Å². The number of nitrogens with zero attached hydrogens (tertiary/aromatic N) is 3. The number of benzene rings is 1. The lowest BCUT2D eigenvalue weighted by molar-refractivity contribution is 0.0837. The van der Waals surface area contributed by atoms with Gasteiger partial charge < -0.3 is 15.7 Å². The summed E-state index contributed by atoms with van der Waals surface area (Å²) in [5.41, 5.74) is 4.03. The molecular weight excluding hydrogens is 378 g/mol. The minimum absolute atomic E-state index is 0.213. The van der Waals surface area contributed by atoms with Gasteiger partial charge in [-0.3, -0.25) is 9.69 Å². The molecule has 7 heteroatoms. The number of carbonyl (C=O) groups excluding carboxylic acids is 1. The van der Waals surface area contributed by atoms with Crippen molar-refractivity contribution in [3.8, 4) is 0 Å². The second kappa shape index (κ2) is 9.64. The first-order chi connectivity index (χ1) is 14.6. The number of aliphatic hydroxyl groups excluding tert-OH is 1. The van der Waals surface area contributed by atoms with Crippen molar-refractivity contribution in [1.29, 1.82) is 0 Å². The van der Waals surface area contributed by atoms with Crippen LogP contribution >= 0.6 is 0 Å². The van der Waals surface area contributed by atoms with E-state index < -0.39 is 6.10 Å². The zero-order valence-electron chi connectivity index (χ0n) is 17.6. The maximum Gasteiger partial charge on any atom is 0.270 e. The van der Waals surface area contributed by atoms with Gasteiger partial charge >= 0.3 is 0 Å². The molecule has 1 amide bonds. The lowest BCUT2D eigenvalue weighted by Gasteiger charge is -2.30. The molecule has 2 aliphatic heterocycles. The van der Waals surface area contributed by atoms with Crippen molar-refractivity contribution in [3.63, 3.8) is 0 Å². The first-order valence-corrected chi connectivity index (χ1v) is 10.9. The number of β-amino-alcohol motifs (C(OH)–C–C–N with tert-alkyl or cyclic N) is 1. The van der Waals surface area contributed by atoms with E-state index >= 15 is 0 Å². The summed E-state index contributed by atoms with van der Waals surface area (Å²) in [7, 11) is 0. The molecule has 1 fully saturated rings. The summed E-state index contributed by atoms with van der Waals surface area (Å²) >= 11 is 0. The minimum atomic E-state index is -0.618. The third-order valence-electron chi connectivity index (χ3n) is 5.92. The molecule has 160 valence electrons. The molecule has 2 aliphatic rings. The van der Waals surface area contributed by atoms with Crippen LogP contribution in [0.4, 0.5) is 0 Å². The Balaban J connectivity index is 1.30. The monoisotopic (exact) mass is 409 g/mol. The number of aromatic nitrogens is 2. The SMILES string of the molecule is CCc1nc(CC2CNC2)cc(C(=O)NC[C@H](O)CN2CCc3ccccc3C2)n1. The number of fused-ring (bicyclic) bond motifs is 1. The average Bonchev–Trinajstić information content (AvgIpc) is 2.74. The van der Waals surface area contributed by atoms with Crippen LogP contribution in [-0.4, -0.2) is 64.7 Å². The second-order valence-corrected chi connectivity index (χ2v) is 8.36. The molecule has 1 atom stereocenters. The molecule has 0 radical (unpaired) electrons. The first kappa shape index (κ1) is 20.9. The van der Waals surface area contributed by atoms with Crippen LogP contribution in [0.15, 0.2) is 30.3 Å². The third-order valence-corrected chi connectivity index (χ3v) is 5.92. The van der Waals surface area contributed by atoms with E-state index in [0.29, 0.717) is 30.4 Å². The molecule has 0 spiro atoms. The van der Waals surface area contributed by atoms with Crippen molar-refractivity contribution >= 4 is 5.91 Å². The van der Waals surface area contributed by atoms with Gasteiger partial charge in [0.05, 0.1) is 6.10 Å². The van der Waals surface area contributed by atoms with Crippen LogP contribution in [0, 0.1) is 5.92 Å². The number of carbonyl (C=O) groups is 1. The highest BCUT2D eigenvalue weighted by molar-refractivity contribution is 5.92. The molecule has 0 bridgehead atoms. The molecular formula is C23H31N5O2. The van der Waals surface area contributed by atoms with Gasteiger partial charge in [0.25, 0.3) is 5.91 Å². The van der Waals surface area contributed by atoms with Crippen LogP contribution in [0.2, 0.25) is 0 Å². The summed E-state index contributed by atoms with van der Waals surface area (Å²) < 4.78 is 0. The van der Waals surface area contributed by atoms with E-state index in [4.69, 9.17) is 0 Å². The zero-order valence-corrected chi connectivity index (χ0v) is 17.6. The Hall–Kier alpha value is -2.35. The summed E-state index contributed by atoms with van der Waals surface area (Å²) in [6, 6.07) is 10.2. The van der Waals surface area contributed by atoms with E-state index in [0.717, 1.165) is 44.7 Å². The molecule has 3 heterocycles. The number of hydrogen-bond acceptors (Lipinski definition) is 6. The summed E-state index contributed by atoms with van der Waals surface area (Å²) in [5.74, 6) is 1.03. The predicted octanol–water partition coefficient (Wildman–Crippen LogP) is 0.950. The Labute approximate surface area is 177 Å². The Bertz CT molecular complexity index is 884. The van der Waals surface area contributed by atoms with E-state index in [9.17, 15) is 9.90 Å². The molecule has 1 aromatic carbocycles. The number of aryl methyl sites for hydroxylation is 1. The van der Waals surface area contributed by atoms with Crippen molar-refractivity contribution in [2.24, 2.45) is 5.92 Å². The van der Waals surface area contributed by atoms with Gasteiger partial charge in [0.15, 0.2) is 0 Å². The first-order valence-electron chi connectivity index (χ1n) is 10.9. The fourth-order valence-electron chi connectivity index (χ4n) is 4.09. The van der Waals surface area contributed by atoms with Crippen molar-refractivity contribution in [2.45, 2.75) is 38.8 Å². The maximum atomic E-state index is 12.7. The van der Waals surface area contributed by atoms with Gasteiger partial charge in [0.2, 0.25) is 0 Å². The van der Waals surface area contributed by atoms with Crippen molar-refractivity contribution in [2.75, 3.05) is 32.7 Å². The molecule has 0 unspecified atom stereocenters. The predicted molar refractivity (Wildman–Crippen MR) is 115 cm³/mol. The highest BCUT2D eigenvalue weighted by Gasteiger charge is 2.21. The minimum Gasteiger partial charge on any atom is -0.390 e. The van der Waals surface area contributed by atoms with Crippen LogP contribution in [0.3, 0.4) is 0 Å². The number of nitrogens with one attached hydrogen (secondary N) is 2.